The van der Waals surface area contributed by atoms with Crippen LogP contribution in [0.4, 0.5) is 0 Å². The van der Waals surface area contributed by atoms with E-state index in [4.69, 9.17) is 13.9 Å². The van der Waals surface area contributed by atoms with Crippen molar-refractivity contribution in [2.75, 3.05) is 13.2 Å². The van der Waals surface area contributed by atoms with Gasteiger partial charge in [0.1, 0.15) is 13.2 Å². The SMILES string of the molecule is Brc1cc(CNCc2ccoc2)cc2c1OCCO2. The highest BCUT2D eigenvalue weighted by atomic mass is 79.9. The number of benzene rings is 1. The number of ether oxygens (including phenoxy) is 2. The molecule has 1 aromatic carbocycles. The van der Waals surface area contributed by atoms with Crippen LogP contribution in [0.2, 0.25) is 0 Å². The summed E-state index contributed by atoms with van der Waals surface area (Å²) in [4.78, 5) is 0. The number of fused-ring (bicyclic) bond motifs is 1. The molecule has 100 valence electrons. The summed E-state index contributed by atoms with van der Waals surface area (Å²) in [7, 11) is 0. The van der Waals surface area contributed by atoms with E-state index in [1.54, 1.807) is 12.5 Å². The fourth-order valence-corrected chi connectivity index (χ4v) is 2.61. The minimum atomic E-state index is 0.601. The summed E-state index contributed by atoms with van der Waals surface area (Å²) in [5, 5.41) is 3.36. The molecule has 0 spiro atoms. The third-order valence-electron chi connectivity index (χ3n) is 2.89. The van der Waals surface area contributed by atoms with Crippen LogP contribution in [0, 0.1) is 0 Å². The fourth-order valence-electron chi connectivity index (χ4n) is 2.01. The van der Waals surface area contributed by atoms with Gasteiger partial charge in [-0.1, -0.05) is 0 Å². The van der Waals surface area contributed by atoms with Gasteiger partial charge in [-0.3, -0.25) is 0 Å². The average Bonchev–Trinajstić information content (AvgIpc) is 2.92. The number of rotatable bonds is 4. The maximum absolute atomic E-state index is 5.60. The maximum Gasteiger partial charge on any atom is 0.175 e. The molecule has 0 bridgehead atoms. The van der Waals surface area contributed by atoms with Gasteiger partial charge in [-0.15, -0.1) is 0 Å². The van der Waals surface area contributed by atoms with Crippen LogP contribution in [-0.2, 0) is 13.1 Å². The highest BCUT2D eigenvalue weighted by Crippen LogP contribution is 2.38. The Hall–Kier alpha value is -1.46. The largest absolute Gasteiger partial charge is 0.486 e. The number of halogens is 1. The number of furan rings is 1. The molecule has 0 atom stereocenters. The van der Waals surface area contributed by atoms with Crippen LogP contribution in [0.25, 0.3) is 0 Å². The predicted octanol–water partition coefficient (Wildman–Crippen LogP) is 3.10. The van der Waals surface area contributed by atoms with E-state index >= 15 is 0 Å². The highest BCUT2D eigenvalue weighted by Gasteiger charge is 2.16. The average molecular weight is 324 g/mol. The molecular formula is C14H14BrNO3. The topological polar surface area (TPSA) is 43.6 Å². The number of hydrogen-bond acceptors (Lipinski definition) is 4. The lowest BCUT2D eigenvalue weighted by atomic mass is 10.2. The fraction of sp³-hybridized carbons (Fsp3) is 0.286. The first kappa shape index (κ1) is 12.6. The van der Waals surface area contributed by atoms with Crippen LogP contribution < -0.4 is 14.8 Å². The molecular weight excluding hydrogens is 310 g/mol. The van der Waals surface area contributed by atoms with Gasteiger partial charge >= 0.3 is 0 Å². The Labute approximate surface area is 119 Å². The van der Waals surface area contributed by atoms with Crippen molar-refractivity contribution >= 4 is 15.9 Å². The molecule has 1 aliphatic heterocycles. The van der Waals surface area contributed by atoms with Crippen LogP contribution in [-0.4, -0.2) is 13.2 Å². The Morgan fingerprint density at radius 3 is 2.79 bits per heavy atom. The smallest absolute Gasteiger partial charge is 0.175 e. The summed E-state index contributed by atoms with van der Waals surface area (Å²) >= 11 is 3.52. The molecule has 0 fully saturated rings. The minimum Gasteiger partial charge on any atom is -0.486 e. The van der Waals surface area contributed by atoms with Crippen molar-refractivity contribution in [3.05, 3.63) is 46.3 Å². The van der Waals surface area contributed by atoms with Gasteiger partial charge in [-0.2, -0.15) is 0 Å². The molecule has 4 nitrogen and oxygen atoms in total. The van der Waals surface area contributed by atoms with E-state index in [9.17, 15) is 0 Å². The third kappa shape index (κ3) is 2.93. The van der Waals surface area contributed by atoms with Crippen LogP contribution in [0.3, 0.4) is 0 Å². The monoisotopic (exact) mass is 323 g/mol. The van der Waals surface area contributed by atoms with Crippen molar-refractivity contribution in [3.8, 4) is 11.5 Å². The van der Waals surface area contributed by atoms with Gasteiger partial charge in [0, 0.05) is 18.7 Å². The second-order valence-corrected chi connectivity index (χ2v) is 5.19. The summed E-state index contributed by atoms with van der Waals surface area (Å²) in [6, 6.07) is 6.02. The molecule has 1 aromatic heterocycles. The maximum atomic E-state index is 5.60. The predicted molar refractivity (Wildman–Crippen MR) is 74.4 cm³/mol. The first-order chi connectivity index (χ1) is 9.33. The Bertz CT molecular complexity index is 554. The van der Waals surface area contributed by atoms with E-state index in [2.05, 4.69) is 27.3 Å². The number of hydrogen-bond donors (Lipinski definition) is 1. The molecule has 0 aliphatic carbocycles. The summed E-state index contributed by atoms with van der Waals surface area (Å²) in [6.07, 6.45) is 3.42. The lowest BCUT2D eigenvalue weighted by Crippen LogP contribution is -2.17. The molecule has 0 saturated carbocycles. The lowest BCUT2D eigenvalue weighted by molar-refractivity contribution is 0.170. The quantitative estimate of drug-likeness (QED) is 0.939. The Morgan fingerprint density at radius 2 is 1.95 bits per heavy atom. The summed E-state index contributed by atoms with van der Waals surface area (Å²) in [5.74, 6) is 1.60. The van der Waals surface area contributed by atoms with Crippen LogP contribution >= 0.6 is 15.9 Å². The highest BCUT2D eigenvalue weighted by molar-refractivity contribution is 9.10. The Kier molecular flexibility index (Phi) is 3.75. The first-order valence-corrected chi connectivity index (χ1v) is 6.92. The van der Waals surface area contributed by atoms with E-state index in [0.29, 0.717) is 13.2 Å². The van der Waals surface area contributed by atoms with Crippen molar-refractivity contribution in [1.82, 2.24) is 5.32 Å². The molecule has 1 N–H and O–H groups in total. The first-order valence-electron chi connectivity index (χ1n) is 6.13. The standard InChI is InChI=1S/C14H14BrNO3/c15-12-5-11(6-13-14(12)19-4-3-18-13)8-16-7-10-1-2-17-9-10/h1-2,5-6,9,16H,3-4,7-8H2. The molecule has 2 heterocycles. The molecule has 5 heteroatoms. The minimum absolute atomic E-state index is 0.601. The molecule has 19 heavy (non-hydrogen) atoms. The second kappa shape index (κ2) is 5.67. The van der Waals surface area contributed by atoms with Crippen molar-refractivity contribution in [3.63, 3.8) is 0 Å². The zero-order chi connectivity index (χ0) is 13.1. The van der Waals surface area contributed by atoms with Crippen LogP contribution in [0.1, 0.15) is 11.1 Å². The second-order valence-electron chi connectivity index (χ2n) is 4.34. The van der Waals surface area contributed by atoms with Crippen molar-refractivity contribution in [2.24, 2.45) is 0 Å². The Balaban J connectivity index is 1.66. The molecule has 3 rings (SSSR count). The number of nitrogens with one attached hydrogen (secondary N) is 1. The molecule has 0 amide bonds. The van der Waals surface area contributed by atoms with Gasteiger partial charge in [0.15, 0.2) is 11.5 Å². The van der Waals surface area contributed by atoms with Crippen molar-refractivity contribution in [2.45, 2.75) is 13.1 Å². The van der Waals surface area contributed by atoms with Gasteiger partial charge in [0.2, 0.25) is 0 Å². The van der Waals surface area contributed by atoms with E-state index in [0.717, 1.165) is 40.2 Å². The summed E-state index contributed by atoms with van der Waals surface area (Å²) < 4.78 is 17.1. The normalized spacial score (nSPS) is 13.5. The molecule has 0 saturated heterocycles. The van der Waals surface area contributed by atoms with Crippen LogP contribution in [0.15, 0.2) is 39.6 Å². The third-order valence-corrected chi connectivity index (χ3v) is 3.48. The lowest BCUT2D eigenvalue weighted by Gasteiger charge is -2.20. The van der Waals surface area contributed by atoms with Gasteiger partial charge in [-0.05, 0) is 39.7 Å². The zero-order valence-electron chi connectivity index (χ0n) is 10.3. The van der Waals surface area contributed by atoms with E-state index < -0.39 is 0 Å². The van der Waals surface area contributed by atoms with Gasteiger partial charge in [-0.25, -0.2) is 0 Å². The molecule has 2 aromatic rings. The zero-order valence-corrected chi connectivity index (χ0v) is 11.9. The van der Waals surface area contributed by atoms with Crippen molar-refractivity contribution < 1.29 is 13.9 Å². The van der Waals surface area contributed by atoms with E-state index in [1.807, 2.05) is 12.1 Å². The molecule has 0 radical (unpaired) electrons. The van der Waals surface area contributed by atoms with Crippen LogP contribution in [0.5, 0.6) is 11.5 Å². The molecule has 1 aliphatic rings. The van der Waals surface area contributed by atoms with E-state index in [1.165, 1.54) is 0 Å². The van der Waals surface area contributed by atoms with Gasteiger partial charge in [0.05, 0.1) is 17.0 Å². The van der Waals surface area contributed by atoms with Crippen molar-refractivity contribution in [1.29, 1.82) is 0 Å². The van der Waals surface area contributed by atoms with Gasteiger partial charge < -0.3 is 19.2 Å². The summed E-state index contributed by atoms with van der Waals surface area (Å²) in [6.45, 7) is 2.75. The summed E-state index contributed by atoms with van der Waals surface area (Å²) in [5.41, 5.74) is 2.29. The molecule has 0 unspecified atom stereocenters. The van der Waals surface area contributed by atoms with Gasteiger partial charge in [0.25, 0.3) is 0 Å². The Morgan fingerprint density at radius 1 is 1.11 bits per heavy atom. The van der Waals surface area contributed by atoms with E-state index in [-0.39, 0.29) is 0 Å².